The average Bonchev–Trinajstić information content (AvgIpc) is 2.47. The summed E-state index contributed by atoms with van der Waals surface area (Å²) in [7, 11) is -3.60. The van der Waals surface area contributed by atoms with Crippen LogP contribution in [-0.2, 0) is 16.6 Å². The van der Waals surface area contributed by atoms with E-state index in [1.54, 1.807) is 18.2 Å². The van der Waals surface area contributed by atoms with E-state index in [1.165, 1.54) is 4.31 Å². The topological polar surface area (TPSA) is 37.4 Å². The van der Waals surface area contributed by atoms with E-state index < -0.39 is 10.0 Å². The SMILES string of the molecule is CC(C)N(Cc1ccccc1)S(=O)(=O)c1cc(Br)ccc1Br. The van der Waals surface area contributed by atoms with Gasteiger partial charge in [-0.1, -0.05) is 46.3 Å². The molecule has 2 rings (SSSR count). The van der Waals surface area contributed by atoms with Crippen LogP contribution in [0.3, 0.4) is 0 Å². The largest absolute Gasteiger partial charge is 0.244 e. The summed E-state index contributed by atoms with van der Waals surface area (Å²) >= 11 is 6.68. The van der Waals surface area contributed by atoms with Crippen molar-refractivity contribution in [3.05, 3.63) is 63.0 Å². The van der Waals surface area contributed by atoms with Crippen molar-refractivity contribution in [2.24, 2.45) is 0 Å². The molecule has 3 nitrogen and oxygen atoms in total. The lowest BCUT2D eigenvalue weighted by Crippen LogP contribution is -2.36. The van der Waals surface area contributed by atoms with Gasteiger partial charge in [-0.2, -0.15) is 4.31 Å². The normalized spacial score (nSPS) is 12.1. The van der Waals surface area contributed by atoms with Crippen LogP contribution in [0.25, 0.3) is 0 Å². The molecule has 0 aliphatic rings. The monoisotopic (exact) mass is 445 g/mol. The summed E-state index contributed by atoms with van der Waals surface area (Å²) in [5, 5.41) is 0. The van der Waals surface area contributed by atoms with E-state index in [1.807, 2.05) is 44.2 Å². The van der Waals surface area contributed by atoms with Gasteiger partial charge >= 0.3 is 0 Å². The Morgan fingerprint density at radius 3 is 2.27 bits per heavy atom. The van der Waals surface area contributed by atoms with Crippen LogP contribution in [-0.4, -0.2) is 18.8 Å². The van der Waals surface area contributed by atoms with Gasteiger partial charge in [0, 0.05) is 21.5 Å². The molecule has 0 aromatic heterocycles. The highest BCUT2D eigenvalue weighted by atomic mass is 79.9. The molecule has 0 fully saturated rings. The average molecular weight is 447 g/mol. The fourth-order valence-corrected chi connectivity index (χ4v) is 5.20. The fourth-order valence-electron chi connectivity index (χ4n) is 2.11. The molecule has 0 unspecified atom stereocenters. The van der Waals surface area contributed by atoms with Crippen molar-refractivity contribution in [1.29, 1.82) is 0 Å². The van der Waals surface area contributed by atoms with Crippen molar-refractivity contribution in [3.8, 4) is 0 Å². The second-order valence-corrected chi connectivity index (χ2v) is 8.83. The van der Waals surface area contributed by atoms with Crippen LogP contribution in [0.1, 0.15) is 19.4 Å². The number of hydrogen-bond acceptors (Lipinski definition) is 2. The zero-order valence-electron chi connectivity index (χ0n) is 12.3. The lowest BCUT2D eigenvalue weighted by atomic mass is 10.2. The minimum Gasteiger partial charge on any atom is -0.207 e. The number of sulfonamides is 1. The van der Waals surface area contributed by atoms with Gasteiger partial charge in [-0.05, 0) is 53.5 Å². The molecular weight excluding hydrogens is 430 g/mol. The summed E-state index contributed by atoms with van der Waals surface area (Å²) in [5.74, 6) is 0. The first-order valence-electron chi connectivity index (χ1n) is 6.83. The van der Waals surface area contributed by atoms with Crippen molar-refractivity contribution >= 4 is 41.9 Å². The first kappa shape index (κ1) is 17.7. The molecule has 22 heavy (non-hydrogen) atoms. The van der Waals surface area contributed by atoms with E-state index in [0.717, 1.165) is 10.0 Å². The first-order valence-corrected chi connectivity index (χ1v) is 9.86. The standard InChI is InChI=1S/C16H17Br2NO2S/c1-12(2)19(11-13-6-4-3-5-7-13)22(20,21)16-10-14(17)8-9-15(16)18/h3-10,12H,11H2,1-2H3. The maximum atomic E-state index is 13.0. The summed E-state index contributed by atoms with van der Waals surface area (Å²) < 4.78 is 28.9. The lowest BCUT2D eigenvalue weighted by molar-refractivity contribution is 0.348. The highest BCUT2D eigenvalue weighted by Crippen LogP contribution is 2.30. The summed E-state index contributed by atoms with van der Waals surface area (Å²) in [6, 6.07) is 14.6. The first-order chi connectivity index (χ1) is 10.3. The van der Waals surface area contributed by atoms with Crippen LogP contribution in [0.5, 0.6) is 0 Å². The smallest absolute Gasteiger partial charge is 0.207 e. The Labute approximate surface area is 148 Å². The molecule has 0 aliphatic heterocycles. The Morgan fingerprint density at radius 2 is 1.68 bits per heavy atom. The second-order valence-electron chi connectivity index (χ2n) is 5.20. The van der Waals surface area contributed by atoms with Gasteiger partial charge in [0.15, 0.2) is 0 Å². The summed E-state index contributed by atoms with van der Waals surface area (Å²) in [4.78, 5) is 0.270. The Morgan fingerprint density at radius 1 is 1.05 bits per heavy atom. The van der Waals surface area contributed by atoms with Crippen LogP contribution in [0.2, 0.25) is 0 Å². The number of rotatable bonds is 5. The number of nitrogens with zero attached hydrogens (tertiary/aromatic N) is 1. The Bertz CT molecular complexity index is 746. The number of hydrogen-bond donors (Lipinski definition) is 0. The summed E-state index contributed by atoms with van der Waals surface area (Å²) in [6.07, 6.45) is 0. The molecule has 0 saturated carbocycles. The molecular formula is C16H17Br2NO2S. The maximum absolute atomic E-state index is 13.0. The molecule has 0 N–H and O–H groups in total. The molecule has 2 aromatic carbocycles. The summed E-state index contributed by atoms with van der Waals surface area (Å²) in [6.45, 7) is 4.11. The molecule has 0 atom stereocenters. The van der Waals surface area contributed by atoms with Gasteiger partial charge in [-0.3, -0.25) is 0 Å². The van der Waals surface area contributed by atoms with E-state index in [9.17, 15) is 8.42 Å². The molecule has 2 aromatic rings. The molecule has 0 amide bonds. The van der Waals surface area contributed by atoms with E-state index in [4.69, 9.17) is 0 Å². The lowest BCUT2D eigenvalue weighted by Gasteiger charge is -2.26. The third-order valence-corrected chi connectivity index (χ3v) is 6.75. The molecule has 0 bridgehead atoms. The summed E-state index contributed by atoms with van der Waals surface area (Å²) in [5.41, 5.74) is 0.964. The van der Waals surface area contributed by atoms with Gasteiger partial charge in [0.1, 0.15) is 0 Å². The van der Waals surface area contributed by atoms with E-state index in [0.29, 0.717) is 11.0 Å². The molecule has 0 radical (unpaired) electrons. The van der Waals surface area contributed by atoms with Crippen molar-refractivity contribution in [2.75, 3.05) is 0 Å². The molecule has 0 aliphatic carbocycles. The Hall–Kier alpha value is -0.690. The minimum atomic E-state index is -3.60. The van der Waals surface area contributed by atoms with Gasteiger partial charge in [-0.15, -0.1) is 0 Å². The molecule has 118 valence electrons. The zero-order valence-corrected chi connectivity index (χ0v) is 16.3. The minimum absolute atomic E-state index is 0.143. The van der Waals surface area contributed by atoms with Gasteiger partial charge in [0.25, 0.3) is 0 Å². The van der Waals surface area contributed by atoms with Gasteiger partial charge in [0.2, 0.25) is 10.0 Å². The maximum Gasteiger partial charge on any atom is 0.244 e. The van der Waals surface area contributed by atoms with E-state index >= 15 is 0 Å². The third-order valence-electron chi connectivity index (χ3n) is 3.24. The molecule has 6 heteroatoms. The van der Waals surface area contributed by atoms with Gasteiger partial charge < -0.3 is 0 Å². The zero-order chi connectivity index (χ0) is 16.3. The van der Waals surface area contributed by atoms with E-state index in [-0.39, 0.29) is 10.9 Å². The Balaban J connectivity index is 2.45. The van der Waals surface area contributed by atoms with Gasteiger partial charge in [-0.25, -0.2) is 8.42 Å². The molecule has 0 spiro atoms. The van der Waals surface area contributed by atoms with Crippen LogP contribution < -0.4 is 0 Å². The predicted octanol–water partition coefficient (Wildman–Crippen LogP) is 4.81. The van der Waals surface area contributed by atoms with Crippen molar-refractivity contribution < 1.29 is 8.42 Å². The van der Waals surface area contributed by atoms with Crippen molar-refractivity contribution in [2.45, 2.75) is 31.3 Å². The fraction of sp³-hybridized carbons (Fsp3) is 0.250. The second kappa shape index (κ2) is 7.25. The highest BCUT2D eigenvalue weighted by molar-refractivity contribution is 9.11. The predicted molar refractivity (Wildman–Crippen MR) is 96.1 cm³/mol. The van der Waals surface area contributed by atoms with Crippen LogP contribution in [0.15, 0.2) is 62.4 Å². The molecule has 0 heterocycles. The Kier molecular flexibility index (Phi) is 5.82. The van der Waals surface area contributed by atoms with Crippen molar-refractivity contribution in [3.63, 3.8) is 0 Å². The van der Waals surface area contributed by atoms with Crippen LogP contribution in [0.4, 0.5) is 0 Å². The van der Waals surface area contributed by atoms with Gasteiger partial charge in [0.05, 0.1) is 4.90 Å². The highest BCUT2D eigenvalue weighted by Gasteiger charge is 2.29. The van der Waals surface area contributed by atoms with Crippen LogP contribution in [0, 0.1) is 0 Å². The quantitative estimate of drug-likeness (QED) is 0.660. The van der Waals surface area contributed by atoms with E-state index in [2.05, 4.69) is 31.9 Å². The molecule has 0 saturated heterocycles. The van der Waals surface area contributed by atoms with Crippen LogP contribution >= 0.6 is 31.9 Å². The van der Waals surface area contributed by atoms with Crippen molar-refractivity contribution in [1.82, 2.24) is 4.31 Å². The third kappa shape index (κ3) is 3.98. The number of halogens is 2. The number of benzene rings is 2.